The Kier molecular flexibility index (Phi) is 6.19. The highest BCUT2D eigenvalue weighted by Crippen LogP contribution is 2.22. The van der Waals surface area contributed by atoms with Crippen LogP contribution in [-0.2, 0) is 11.3 Å². The topological polar surface area (TPSA) is 54.5 Å². The quantitative estimate of drug-likeness (QED) is 0.875. The van der Waals surface area contributed by atoms with Crippen molar-refractivity contribution in [2.45, 2.75) is 45.7 Å². The molecule has 0 spiro atoms. The monoisotopic (exact) mass is 305 g/mol. The number of hydrogen-bond acceptors (Lipinski definition) is 4. The molecule has 1 N–H and O–H groups in total. The zero-order valence-corrected chi connectivity index (χ0v) is 13.8. The fraction of sp³-hybridized carbons (Fsp3) is 0.647. The van der Waals surface area contributed by atoms with Crippen molar-refractivity contribution >= 4 is 5.91 Å². The molecule has 122 valence electrons. The van der Waals surface area contributed by atoms with Crippen LogP contribution in [0.1, 0.15) is 38.7 Å². The highest BCUT2D eigenvalue weighted by Gasteiger charge is 2.22. The molecule has 22 heavy (non-hydrogen) atoms. The first-order valence-electron chi connectivity index (χ1n) is 8.08. The maximum absolute atomic E-state index is 12.1. The summed E-state index contributed by atoms with van der Waals surface area (Å²) in [7, 11) is 1.59. The largest absolute Gasteiger partial charge is 0.481 e. The van der Waals surface area contributed by atoms with Gasteiger partial charge < -0.3 is 15.0 Å². The lowest BCUT2D eigenvalue weighted by atomic mass is 9.92. The van der Waals surface area contributed by atoms with Crippen LogP contribution in [0.25, 0.3) is 0 Å². The Morgan fingerprint density at radius 3 is 2.82 bits per heavy atom. The molecule has 1 aromatic heterocycles. The number of carbonyl (C=O) groups excluding carboxylic acids is 1. The molecule has 0 bridgehead atoms. The van der Waals surface area contributed by atoms with Crippen molar-refractivity contribution < 1.29 is 9.53 Å². The number of likely N-dealkylation sites (tertiary alicyclic amines) is 1. The van der Waals surface area contributed by atoms with Crippen molar-refractivity contribution in [2.75, 3.05) is 20.2 Å². The highest BCUT2D eigenvalue weighted by atomic mass is 16.5. The van der Waals surface area contributed by atoms with E-state index in [4.69, 9.17) is 4.74 Å². The van der Waals surface area contributed by atoms with Crippen molar-refractivity contribution in [3.05, 3.63) is 23.9 Å². The molecule has 0 unspecified atom stereocenters. The molecule has 0 saturated carbocycles. The van der Waals surface area contributed by atoms with E-state index in [-0.39, 0.29) is 5.91 Å². The van der Waals surface area contributed by atoms with E-state index in [0.29, 0.717) is 30.8 Å². The number of aromatic nitrogens is 1. The van der Waals surface area contributed by atoms with Gasteiger partial charge in [-0.25, -0.2) is 4.98 Å². The summed E-state index contributed by atoms with van der Waals surface area (Å²) >= 11 is 0. The van der Waals surface area contributed by atoms with E-state index in [9.17, 15) is 4.79 Å². The minimum absolute atomic E-state index is 0.119. The zero-order chi connectivity index (χ0) is 15.9. The van der Waals surface area contributed by atoms with Gasteiger partial charge in [0.25, 0.3) is 0 Å². The van der Waals surface area contributed by atoms with Gasteiger partial charge in [0.05, 0.1) is 7.11 Å². The second-order valence-electron chi connectivity index (χ2n) is 6.23. The molecule has 1 aliphatic rings. The molecular formula is C17H27N3O2. The smallest absolute Gasteiger partial charge is 0.220 e. The standard InChI is InChI=1S/C17H27N3O2/c1-13(2)20-9-6-14(7-10-20)11-16(21)19-12-15-5-4-8-18-17(15)22-3/h4-5,8,13-14H,6-7,9-12H2,1-3H3,(H,19,21). The van der Waals surface area contributed by atoms with Crippen LogP contribution in [0.2, 0.25) is 0 Å². The summed E-state index contributed by atoms with van der Waals surface area (Å²) in [4.78, 5) is 18.7. The van der Waals surface area contributed by atoms with Gasteiger partial charge in [0.1, 0.15) is 0 Å². The number of nitrogens with zero attached hydrogens (tertiary/aromatic N) is 2. The summed E-state index contributed by atoms with van der Waals surface area (Å²) in [6.45, 7) is 7.14. The molecule has 1 aliphatic heterocycles. The van der Waals surface area contributed by atoms with Gasteiger partial charge in [-0.1, -0.05) is 6.07 Å². The van der Waals surface area contributed by atoms with Crippen molar-refractivity contribution in [1.29, 1.82) is 0 Å². The number of methoxy groups -OCH3 is 1. The fourth-order valence-corrected chi connectivity index (χ4v) is 2.94. The Morgan fingerprint density at radius 1 is 1.45 bits per heavy atom. The third-order valence-corrected chi connectivity index (χ3v) is 4.37. The molecular weight excluding hydrogens is 278 g/mol. The average Bonchev–Trinajstić information content (AvgIpc) is 2.53. The number of hydrogen-bond donors (Lipinski definition) is 1. The minimum Gasteiger partial charge on any atom is -0.481 e. The van der Waals surface area contributed by atoms with Crippen LogP contribution in [0.5, 0.6) is 5.88 Å². The summed E-state index contributed by atoms with van der Waals surface area (Å²) in [5.41, 5.74) is 0.910. The Labute approximate surface area is 133 Å². The maximum Gasteiger partial charge on any atom is 0.220 e. The first-order valence-corrected chi connectivity index (χ1v) is 8.08. The fourth-order valence-electron chi connectivity index (χ4n) is 2.94. The number of pyridine rings is 1. The number of carbonyl (C=O) groups is 1. The van der Waals surface area contributed by atoms with Crippen LogP contribution in [-0.4, -0.2) is 42.0 Å². The lowest BCUT2D eigenvalue weighted by Gasteiger charge is -2.34. The molecule has 1 aromatic rings. The van der Waals surface area contributed by atoms with Gasteiger partial charge in [0.2, 0.25) is 11.8 Å². The number of amides is 1. The Morgan fingerprint density at radius 2 is 2.18 bits per heavy atom. The summed E-state index contributed by atoms with van der Waals surface area (Å²) < 4.78 is 5.19. The molecule has 1 fully saturated rings. The van der Waals surface area contributed by atoms with Crippen LogP contribution >= 0.6 is 0 Å². The normalized spacial score (nSPS) is 16.7. The van der Waals surface area contributed by atoms with Crippen molar-refractivity contribution in [3.63, 3.8) is 0 Å². The average molecular weight is 305 g/mol. The third kappa shape index (κ3) is 4.70. The third-order valence-electron chi connectivity index (χ3n) is 4.37. The Balaban J connectivity index is 1.75. The molecule has 0 radical (unpaired) electrons. The molecule has 5 heteroatoms. The van der Waals surface area contributed by atoms with E-state index in [2.05, 4.69) is 29.0 Å². The first kappa shape index (κ1) is 16.7. The second kappa shape index (κ2) is 8.13. The van der Waals surface area contributed by atoms with Crippen LogP contribution in [0.4, 0.5) is 0 Å². The lowest BCUT2D eigenvalue weighted by molar-refractivity contribution is -0.122. The molecule has 1 saturated heterocycles. The summed E-state index contributed by atoms with van der Waals surface area (Å²) in [5.74, 6) is 1.20. The zero-order valence-electron chi connectivity index (χ0n) is 13.8. The second-order valence-corrected chi connectivity index (χ2v) is 6.23. The van der Waals surface area contributed by atoms with E-state index in [1.165, 1.54) is 0 Å². The van der Waals surface area contributed by atoms with E-state index in [1.54, 1.807) is 13.3 Å². The van der Waals surface area contributed by atoms with Gasteiger partial charge in [0.15, 0.2) is 0 Å². The molecule has 0 atom stereocenters. The molecule has 2 heterocycles. The maximum atomic E-state index is 12.1. The van der Waals surface area contributed by atoms with E-state index in [0.717, 1.165) is 31.5 Å². The SMILES string of the molecule is COc1ncccc1CNC(=O)CC1CCN(C(C)C)CC1. The van der Waals surface area contributed by atoms with Gasteiger partial charge >= 0.3 is 0 Å². The van der Waals surface area contributed by atoms with Gasteiger partial charge in [-0.2, -0.15) is 0 Å². The first-order chi connectivity index (χ1) is 10.6. The highest BCUT2D eigenvalue weighted by molar-refractivity contribution is 5.76. The molecule has 0 aliphatic carbocycles. The van der Waals surface area contributed by atoms with E-state index >= 15 is 0 Å². The molecule has 1 amide bonds. The Hall–Kier alpha value is -1.62. The lowest BCUT2D eigenvalue weighted by Crippen LogP contribution is -2.39. The van der Waals surface area contributed by atoms with Gasteiger partial charge in [-0.3, -0.25) is 4.79 Å². The van der Waals surface area contributed by atoms with Gasteiger partial charge in [0, 0.05) is 30.8 Å². The summed E-state index contributed by atoms with van der Waals surface area (Å²) in [5, 5.41) is 2.98. The van der Waals surface area contributed by atoms with Crippen molar-refractivity contribution in [1.82, 2.24) is 15.2 Å². The van der Waals surface area contributed by atoms with Gasteiger partial charge in [-0.05, 0) is 51.8 Å². The Bertz CT molecular complexity index is 483. The minimum atomic E-state index is 0.119. The van der Waals surface area contributed by atoms with Gasteiger partial charge in [-0.15, -0.1) is 0 Å². The number of ether oxygens (including phenoxy) is 1. The van der Waals surface area contributed by atoms with Crippen LogP contribution in [0.3, 0.4) is 0 Å². The van der Waals surface area contributed by atoms with Crippen molar-refractivity contribution in [3.8, 4) is 5.88 Å². The van der Waals surface area contributed by atoms with Crippen LogP contribution < -0.4 is 10.1 Å². The molecule has 5 nitrogen and oxygen atoms in total. The predicted octanol–water partition coefficient (Wildman–Crippen LogP) is 2.22. The van der Waals surface area contributed by atoms with Crippen molar-refractivity contribution in [2.24, 2.45) is 5.92 Å². The summed E-state index contributed by atoms with van der Waals surface area (Å²) in [6, 6.07) is 4.38. The summed E-state index contributed by atoms with van der Waals surface area (Å²) in [6.07, 6.45) is 4.53. The number of piperidine rings is 1. The van der Waals surface area contributed by atoms with E-state index < -0.39 is 0 Å². The number of rotatable bonds is 6. The predicted molar refractivity (Wildman–Crippen MR) is 86.7 cm³/mol. The van der Waals surface area contributed by atoms with Crippen LogP contribution in [0, 0.1) is 5.92 Å². The molecule has 0 aromatic carbocycles. The van der Waals surface area contributed by atoms with E-state index in [1.807, 2.05) is 12.1 Å². The molecule has 2 rings (SSSR count). The van der Waals surface area contributed by atoms with Crippen LogP contribution in [0.15, 0.2) is 18.3 Å². The number of nitrogens with one attached hydrogen (secondary N) is 1.